The number of carbonyl (C=O) groups excluding carboxylic acids is 2. The minimum absolute atomic E-state index is 0.152. The van der Waals surface area contributed by atoms with E-state index in [0.29, 0.717) is 28.9 Å². The number of carbonyl (C=O) groups is 2. The van der Waals surface area contributed by atoms with Crippen molar-refractivity contribution in [1.29, 1.82) is 0 Å². The molecule has 3 rings (SSSR count). The molecule has 0 saturated carbocycles. The highest BCUT2D eigenvalue weighted by molar-refractivity contribution is 7.99. The molecule has 0 unspecified atom stereocenters. The highest BCUT2D eigenvalue weighted by atomic mass is 32.2. The van der Waals surface area contributed by atoms with E-state index in [4.69, 9.17) is 4.74 Å². The smallest absolute Gasteiger partial charge is 0.254 e. The summed E-state index contributed by atoms with van der Waals surface area (Å²) in [5.74, 6) is -0.130. The van der Waals surface area contributed by atoms with Crippen molar-refractivity contribution in [2.45, 2.75) is 30.8 Å². The van der Waals surface area contributed by atoms with Crippen molar-refractivity contribution >= 4 is 39.9 Å². The van der Waals surface area contributed by atoms with Gasteiger partial charge in [-0.1, -0.05) is 11.8 Å². The molecule has 0 bridgehead atoms. The average Bonchev–Trinajstić information content (AvgIpc) is 3.05. The number of fused-ring (bicyclic) bond motifs is 1. The molecule has 0 spiro atoms. The van der Waals surface area contributed by atoms with E-state index in [9.17, 15) is 9.59 Å². The number of aromatic nitrogens is 2. The fourth-order valence-corrected chi connectivity index (χ4v) is 4.81. The average molecular weight is 407 g/mol. The van der Waals surface area contributed by atoms with E-state index < -0.39 is 0 Å². The summed E-state index contributed by atoms with van der Waals surface area (Å²) in [4.78, 5) is 34.5. The van der Waals surface area contributed by atoms with Gasteiger partial charge < -0.3 is 15.4 Å². The molecule has 0 aliphatic heterocycles. The zero-order valence-corrected chi connectivity index (χ0v) is 16.8. The van der Waals surface area contributed by atoms with E-state index in [1.807, 2.05) is 0 Å². The standard InChI is InChI=1S/C18H22N4O3S2/c1-25-10-9-19-16(24)15-12-5-2-3-6-13(12)27-17(15)22-14(23)11-26-18-20-7-4-8-21-18/h4,7-8H,2-3,5-6,9-11H2,1H3,(H,19,24)(H,22,23). The number of rotatable bonds is 8. The van der Waals surface area contributed by atoms with Crippen molar-refractivity contribution in [3.05, 3.63) is 34.5 Å². The number of ether oxygens (including phenoxy) is 1. The Morgan fingerprint density at radius 1 is 1.26 bits per heavy atom. The van der Waals surface area contributed by atoms with Crippen molar-refractivity contribution in [1.82, 2.24) is 15.3 Å². The molecular weight excluding hydrogens is 384 g/mol. The fraction of sp³-hybridized carbons (Fsp3) is 0.444. The van der Waals surface area contributed by atoms with E-state index in [1.165, 1.54) is 28.0 Å². The summed E-state index contributed by atoms with van der Waals surface area (Å²) >= 11 is 2.78. The van der Waals surface area contributed by atoms with Gasteiger partial charge in [0.15, 0.2) is 5.16 Å². The second-order valence-corrected chi connectivity index (χ2v) is 8.08. The Morgan fingerprint density at radius 2 is 2.04 bits per heavy atom. The molecule has 7 nitrogen and oxygen atoms in total. The third-order valence-electron chi connectivity index (χ3n) is 4.12. The van der Waals surface area contributed by atoms with Crippen LogP contribution in [0.15, 0.2) is 23.6 Å². The van der Waals surface area contributed by atoms with Gasteiger partial charge in [0, 0.05) is 30.9 Å². The first kappa shape index (κ1) is 19.8. The second-order valence-electron chi connectivity index (χ2n) is 6.03. The summed E-state index contributed by atoms with van der Waals surface area (Å²) in [5.41, 5.74) is 1.69. The molecule has 9 heteroatoms. The van der Waals surface area contributed by atoms with Gasteiger partial charge in [0.1, 0.15) is 5.00 Å². The third-order valence-corrected chi connectivity index (χ3v) is 6.20. The van der Waals surface area contributed by atoms with Crippen LogP contribution in [-0.2, 0) is 22.4 Å². The summed E-state index contributed by atoms with van der Waals surface area (Å²) < 4.78 is 4.99. The summed E-state index contributed by atoms with van der Waals surface area (Å²) in [7, 11) is 1.60. The summed E-state index contributed by atoms with van der Waals surface area (Å²) in [6.45, 7) is 0.891. The van der Waals surface area contributed by atoms with Gasteiger partial charge in [-0.25, -0.2) is 9.97 Å². The maximum absolute atomic E-state index is 12.7. The Morgan fingerprint density at radius 3 is 2.81 bits per heavy atom. The molecule has 0 fully saturated rings. The Bertz CT molecular complexity index is 795. The van der Waals surface area contributed by atoms with Crippen LogP contribution in [0.2, 0.25) is 0 Å². The molecule has 2 amide bonds. The van der Waals surface area contributed by atoms with Gasteiger partial charge in [0.2, 0.25) is 5.91 Å². The number of aryl methyl sites for hydroxylation is 1. The van der Waals surface area contributed by atoms with Crippen molar-refractivity contribution in [3.8, 4) is 0 Å². The Hall–Kier alpha value is -1.97. The summed E-state index contributed by atoms with van der Waals surface area (Å²) in [6, 6.07) is 1.73. The van der Waals surface area contributed by atoms with E-state index in [0.717, 1.165) is 31.2 Å². The van der Waals surface area contributed by atoms with Gasteiger partial charge in [-0.2, -0.15) is 0 Å². The van der Waals surface area contributed by atoms with Crippen LogP contribution >= 0.6 is 23.1 Å². The second kappa shape index (κ2) is 9.82. The Kier molecular flexibility index (Phi) is 7.19. The minimum Gasteiger partial charge on any atom is -0.383 e. The summed E-state index contributed by atoms with van der Waals surface area (Å²) in [6.07, 6.45) is 7.30. The first-order valence-electron chi connectivity index (χ1n) is 8.80. The van der Waals surface area contributed by atoms with Crippen molar-refractivity contribution in [3.63, 3.8) is 0 Å². The zero-order chi connectivity index (χ0) is 19.1. The first-order valence-corrected chi connectivity index (χ1v) is 10.6. The Labute approximate surface area is 166 Å². The van der Waals surface area contributed by atoms with Crippen LogP contribution in [0, 0.1) is 0 Å². The van der Waals surface area contributed by atoms with E-state index in [1.54, 1.807) is 25.6 Å². The predicted octanol–water partition coefficient (Wildman–Crippen LogP) is 2.52. The molecule has 27 heavy (non-hydrogen) atoms. The number of anilines is 1. The molecule has 0 atom stereocenters. The van der Waals surface area contributed by atoms with Gasteiger partial charge in [0.05, 0.1) is 17.9 Å². The SMILES string of the molecule is COCCNC(=O)c1c(NC(=O)CSc2ncccn2)sc2c1CCCC2. The largest absolute Gasteiger partial charge is 0.383 e. The molecular formula is C18H22N4O3S2. The first-order chi connectivity index (χ1) is 13.2. The molecule has 2 N–H and O–H groups in total. The van der Waals surface area contributed by atoms with Crippen LogP contribution < -0.4 is 10.6 Å². The molecule has 144 valence electrons. The molecule has 2 aromatic rings. The Balaban J connectivity index is 1.70. The van der Waals surface area contributed by atoms with Gasteiger partial charge in [-0.15, -0.1) is 11.3 Å². The normalized spacial score (nSPS) is 13.1. The predicted molar refractivity (Wildman–Crippen MR) is 107 cm³/mol. The van der Waals surface area contributed by atoms with Gasteiger partial charge in [-0.3, -0.25) is 9.59 Å². The lowest BCUT2D eigenvalue weighted by atomic mass is 9.95. The highest BCUT2D eigenvalue weighted by Gasteiger charge is 2.26. The van der Waals surface area contributed by atoms with Crippen molar-refractivity contribution < 1.29 is 14.3 Å². The molecule has 2 heterocycles. The number of amides is 2. The topological polar surface area (TPSA) is 93.2 Å². The maximum atomic E-state index is 12.7. The zero-order valence-electron chi connectivity index (χ0n) is 15.1. The minimum atomic E-state index is -0.169. The quantitative estimate of drug-likeness (QED) is 0.398. The van der Waals surface area contributed by atoms with E-state index in [-0.39, 0.29) is 17.6 Å². The molecule has 0 aromatic carbocycles. The lowest BCUT2D eigenvalue weighted by Gasteiger charge is -2.13. The van der Waals surface area contributed by atoms with Crippen molar-refractivity contribution in [2.75, 3.05) is 31.3 Å². The number of thiophene rings is 1. The van der Waals surface area contributed by atoms with Crippen LogP contribution in [-0.4, -0.2) is 47.8 Å². The van der Waals surface area contributed by atoms with E-state index >= 15 is 0 Å². The number of methoxy groups -OCH3 is 1. The van der Waals surface area contributed by atoms with Crippen LogP contribution in [0.1, 0.15) is 33.6 Å². The van der Waals surface area contributed by atoms with Gasteiger partial charge in [0.25, 0.3) is 5.91 Å². The van der Waals surface area contributed by atoms with Gasteiger partial charge in [-0.05, 0) is 37.3 Å². The van der Waals surface area contributed by atoms with Crippen LogP contribution in [0.4, 0.5) is 5.00 Å². The fourth-order valence-electron chi connectivity index (χ4n) is 2.90. The van der Waals surface area contributed by atoms with Crippen LogP contribution in [0.5, 0.6) is 0 Å². The number of nitrogens with one attached hydrogen (secondary N) is 2. The number of hydrogen-bond acceptors (Lipinski definition) is 7. The van der Waals surface area contributed by atoms with Gasteiger partial charge >= 0.3 is 0 Å². The number of thioether (sulfide) groups is 1. The lowest BCUT2D eigenvalue weighted by Crippen LogP contribution is -2.29. The lowest BCUT2D eigenvalue weighted by molar-refractivity contribution is -0.113. The van der Waals surface area contributed by atoms with E-state index in [2.05, 4.69) is 20.6 Å². The van der Waals surface area contributed by atoms with Crippen molar-refractivity contribution in [2.24, 2.45) is 0 Å². The maximum Gasteiger partial charge on any atom is 0.254 e. The van der Waals surface area contributed by atoms with Crippen LogP contribution in [0.25, 0.3) is 0 Å². The van der Waals surface area contributed by atoms with Crippen LogP contribution in [0.3, 0.4) is 0 Å². The third kappa shape index (κ3) is 5.27. The monoisotopic (exact) mass is 406 g/mol. The highest BCUT2D eigenvalue weighted by Crippen LogP contribution is 2.38. The summed E-state index contributed by atoms with van der Waals surface area (Å²) in [5, 5.41) is 6.98. The molecule has 0 radical (unpaired) electrons. The molecule has 1 aliphatic rings. The molecule has 0 saturated heterocycles. The molecule has 1 aliphatic carbocycles. The number of nitrogens with zero attached hydrogens (tertiary/aromatic N) is 2. The number of hydrogen-bond donors (Lipinski definition) is 2. The molecule has 2 aromatic heterocycles.